The molecule has 1 atom stereocenters. The minimum absolute atomic E-state index is 0.474. The maximum atomic E-state index is 5.18. The van der Waals surface area contributed by atoms with Crippen LogP contribution in [0.4, 0.5) is 0 Å². The van der Waals surface area contributed by atoms with Gasteiger partial charge in [-0.2, -0.15) is 0 Å². The fourth-order valence-electron chi connectivity index (χ4n) is 1.46. The quantitative estimate of drug-likeness (QED) is 0.481. The fraction of sp³-hybridized carbons (Fsp3) is 0.462. The van der Waals surface area contributed by atoms with Crippen LogP contribution in [0.2, 0.25) is 0 Å². The van der Waals surface area contributed by atoms with Crippen LogP contribution < -0.4 is 5.32 Å². The van der Waals surface area contributed by atoms with Crippen LogP contribution in [0.1, 0.15) is 18.2 Å². The van der Waals surface area contributed by atoms with E-state index in [0.717, 1.165) is 17.3 Å². The Labute approximate surface area is 102 Å². The first-order chi connectivity index (χ1) is 7.61. The largest absolute Gasteiger partial charge is 0.305 e. The minimum atomic E-state index is 0.474. The summed E-state index contributed by atoms with van der Waals surface area (Å²) in [7, 11) is 0. The third kappa shape index (κ3) is 4.69. The fourth-order valence-corrected chi connectivity index (χ4v) is 2.52. The Kier molecular flexibility index (Phi) is 5.37. The number of hydrogen-bond donors (Lipinski definition) is 1. The lowest BCUT2D eigenvalue weighted by atomic mass is 10.3. The first-order valence-corrected chi connectivity index (χ1v) is 6.26. The van der Waals surface area contributed by atoms with Crippen molar-refractivity contribution >= 4 is 11.8 Å². The summed E-state index contributed by atoms with van der Waals surface area (Å²) in [5, 5.41) is 4.76. The van der Waals surface area contributed by atoms with E-state index in [1.54, 1.807) is 11.8 Å². The van der Waals surface area contributed by atoms with Gasteiger partial charge in [0, 0.05) is 17.5 Å². The van der Waals surface area contributed by atoms with Gasteiger partial charge in [-0.1, -0.05) is 12.8 Å². The van der Waals surface area contributed by atoms with Crippen LogP contribution in [-0.2, 0) is 0 Å². The third-order valence-electron chi connectivity index (χ3n) is 2.06. The Hall–Kier alpha value is -0.980. The molecule has 0 spiro atoms. The predicted molar refractivity (Wildman–Crippen MR) is 70.7 cm³/mol. The summed E-state index contributed by atoms with van der Waals surface area (Å²) < 4.78 is 0. The Morgan fingerprint density at radius 3 is 2.88 bits per heavy atom. The normalized spacial score (nSPS) is 12.1. The molecule has 1 N–H and O–H groups in total. The molecule has 86 valence electrons. The molecule has 16 heavy (non-hydrogen) atoms. The van der Waals surface area contributed by atoms with Gasteiger partial charge in [-0.15, -0.1) is 18.2 Å². The molecule has 0 aliphatic carbocycles. The van der Waals surface area contributed by atoms with Crippen molar-refractivity contribution in [3.05, 3.63) is 23.4 Å². The summed E-state index contributed by atoms with van der Waals surface area (Å²) in [6.07, 6.45) is 5.18. The van der Waals surface area contributed by atoms with E-state index in [2.05, 4.69) is 42.2 Å². The number of hydrogen-bond acceptors (Lipinski definition) is 3. The van der Waals surface area contributed by atoms with Crippen LogP contribution in [0.25, 0.3) is 0 Å². The first kappa shape index (κ1) is 13.1. The van der Waals surface area contributed by atoms with Crippen molar-refractivity contribution in [1.82, 2.24) is 10.3 Å². The lowest BCUT2D eigenvalue weighted by Crippen LogP contribution is -2.22. The third-order valence-corrected chi connectivity index (χ3v) is 3.07. The Balaban J connectivity index is 2.49. The van der Waals surface area contributed by atoms with E-state index in [0.29, 0.717) is 11.8 Å². The maximum Gasteiger partial charge on any atom is 0.0968 e. The smallest absolute Gasteiger partial charge is 0.0968 e. The summed E-state index contributed by atoms with van der Waals surface area (Å²) in [4.78, 5) is 4.50. The minimum Gasteiger partial charge on any atom is -0.305 e. The molecule has 1 unspecified atom stereocenters. The highest BCUT2D eigenvalue weighted by atomic mass is 32.2. The number of rotatable bonds is 5. The molecule has 1 rings (SSSR count). The average Bonchev–Trinajstić information content (AvgIpc) is 2.16. The highest BCUT2D eigenvalue weighted by molar-refractivity contribution is 7.99. The second-order valence-corrected chi connectivity index (χ2v) is 5.35. The standard InChI is InChI=1S/C13H18N2S/c1-5-6-14-9-12(4)16-13-8-10(2)7-11(3)15-13/h1,7-8,12,14H,6,9H2,2-4H3. The monoisotopic (exact) mass is 234 g/mol. The summed E-state index contributed by atoms with van der Waals surface area (Å²) in [5.74, 6) is 2.57. The van der Waals surface area contributed by atoms with E-state index in [1.165, 1.54) is 5.56 Å². The van der Waals surface area contributed by atoms with Gasteiger partial charge in [0.25, 0.3) is 0 Å². The van der Waals surface area contributed by atoms with Crippen molar-refractivity contribution in [3.63, 3.8) is 0 Å². The van der Waals surface area contributed by atoms with Gasteiger partial charge in [0.15, 0.2) is 0 Å². The van der Waals surface area contributed by atoms with E-state index in [4.69, 9.17) is 6.42 Å². The average molecular weight is 234 g/mol. The topological polar surface area (TPSA) is 24.9 Å². The summed E-state index contributed by atoms with van der Waals surface area (Å²) in [6, 6.07) is 4.21. The summed E-state index contributed by atoms with van der Waals surface area (Å²) >= 11 is 1.78. The van der Waals surface area contributed by atoms with Gasteiger partial charge < -0.3 is 5.32 Å². The lowest BCUT2D eigenvalue weighted by molar-refractivity contribution is 0.747. The molecule has 0 radical (unpaired) electrons. The number of nitrogens with zero attached hydrogens (tertiary/aromatic N) is 1. The zero-order valence-corrected chi connectivity index (χ0v) is 10.9. The van der Waals surface area contributed by atoms with Gasteiger partial charge in [-0.05, 0) is 31.5 Å². The van der Waals surface area contributed by atoms with Crippen LogP contribution in [-0.4, -0.2) is 23.3 Å². The van der Waals surface area contributed by atoms with E-state index in [-0.39, 0.29) is 0 Å². The Morgan fingerprint density at radius 1 is 1.50 bits per heavy atom. The van der Waals surface area contributed by atoms with Crippen LogP contribution in [0.15, 0.2) is 17.2 Å². The van der Waals surface area contributed by atoms with Crippen LogP contribution in [0.5, 0.6) is 0 Å². The van der Waals surface area contributed by atoms with Crippen molar-refractivity contribution in [2.75, 3.05) is 13.1 Å². The molecule has 1 heterocycles. The van der Waals surface area contributed by atoms with Crippen LogP contribution >= 0.6 is 11.8 Å². The predicted octanol–water partition coefficient (Wildman–Crippen LogP) is 2.40. The van der Waals surface area contributed by atoms with Gasteiger partial charge in [0.2, 0.25) is 0 Å². The molecule has 3 heteroatoms. The molecule has 1 aromatic heterocycles. The first-order valence-electron chi connectivity index (χ1n) is 5.38. The second kappa shape index (κ2) is 6.57. The molecule has 0 amide bonds. The van der Waals surface area contributed by atoms with E-state index in [9.17, 15) is 0 Å². The van der Waals surface area contributed by atoms with E-state index >= 15 is 0 Å². The lowest BCUT2D eigenvalue weighted by Gasteiger charge is -2.11. The molecule has 0 aliphatic rings. The zero-order chi connectivity index (χ0) is 12.0. The van der Waals surface area contributed by atoms with Crippen molar-refractivity contribution < 1.29 is 0 Å². The summed E-state index contributed by atoms with van der Waals surface area (Å²) in [6.45, 7) is 7.83. The van der Waals surface area contributed by atoms with Crippen molar-refractivity contribution in [3.8, 4) is 12.3 Å². The number of terminal acetylenes is 1. The van der Waals surface area contributed by atoms with Gasteiger partial charge >= 0.3 is 0 Å². The molecule has 0 bridgehead atoms. The van der Waals surface area contributed by atoms with E-state index in [1.807, 2.05) is 6.92 Å². The molecule has 1 aromatic rings. The van der Waals surface area contributed by atoms with Crippen LogP contribution in [0, 0.1) is 26.2 Å². The maximum absolute atomic E-state index is 5.18. The van der Waals surface area contributed by atoms with Gasteiger partial charge in [0.1, 0.15) is 0 Å². The molecule has 0 aromatic carbocycles. The van der Waals surface area contributed by atoms with E-state index < -0.39 is 0 Å². The summed E-state index contributed by atoms with van der Waals surface area (Å²) in [5.41, 5.74) is 2.34. The number of aromatic nitrogens is 1. The van der Waals surface area contributed by atoms with Crippen molar-refractivity contribution in [1.29, 1.82) is 0 Å². The van der Waals surface area contributed by atoms with Crippen molar-refractivity contribution in [2.45, 2.75) is 31.0 Å². The molecule has 0 fully saturated rings. The highest BCUT2D eigenvalue weighted by Gasteiger charge is 2.05. The molecule has 2 nitrogen and oxygen atoms in total. The highest BCUT2D eigenvalue weighted by Crippen LogP contribution is 2.22. The van der Waals surface area contributed by atoms with Gasteiger partial charge in [0.05, 0.1) is 11.6 Å². The Morgan fingerprint density at radius 2 is 2.25 bits per heavy atom. The number of pyridine rings is 1. The number of nitrogens with one attached hydrogen (secondary N) is 1. The van der Waals surface area contributed by atoms with Crippen molar-refractivity contribution in [2.24, 2.45) is 0 Å². The SMILES string of the molecule is C#CCNCC(C)Sc1cc(C)cc(C)n1. The molecular formula is C13H18N2S. The van der Waals surface area contributed by atoms with Gasteiger partial charge in [-0.3, -0.25) is 0 Å². The van der Waals surface area contributed by atoms with Gasteiger partial charge in [-0.25, -0.2) is 4.98 Å². The zero-order valence-electron chi connectivity index (χ0n) is 10.1. The molecular weight excluding hydrogens is 216 g/mol. The van der Waals surface area contributed by atoms with Crippen LogP contribution in [0.3, 0.4) is 0 Å². The number of thioether (sulfide) groups is 1. The Bertz CT molecular complexity index is 362. The molecule has 0 aliphatic heterocycles. The number of aryl methyl sites for hydroxylation is 2. The molecule has 0 saturated carbocycles. The molecule has 0 saturated heterocycles. The second-order valence-electron chi connectivity index (χ2n) is 3.89.